The van der Waals surface area contributed by atoms with E-state index in [0.717, 1.165) is 44.3 Å². The Morgan fingerprint density at radius 2 is 1.87 bits per heavy atom. The Hall–Kier alpha value is -1.96. The molecule has 2 bridgehead atoms. The number of aryl methyl sites for hydroxylation is 1. The van der Waals surface area contributed by atoms with Crippen LogP contribution in [0.2, 0.25) is 0 Å². The highest BCUT2D eigenvalue weighted by molar-refractivity contribution is 5.78. The molecule has 0 spiro atoms. The van der Waals surface area contributed by atoms with E-state index in [1.807, 2.05) is 6.92 Å². The zero-order valence-electron chi connectivity index (χ0n) is 18.6. The van der Waals surface area contributed by atoms with Crippen LogP contribution in [-0.2, 0) is 16.1 Å². The minimum atomic E-state index is -0.250. The second-order valence-corrected chi connectivity index (χ2v) is 9.86. The normalized spacial score (nSPS) is 31.5. The van der Waals surface area contributed by atoms with Crippen molar-refractivity contribution >= 4 is 12.4 Å². The molecule has 1 aliphatic carbocycles. The van der Waals surface area contributed by atoms with Crippen molar-refractivity contribution in [1.82, 2.24) is 19.9 Å². The molecule has 3 aliphatic heterocycles. The summed E-state index contributed by atoms with van der Waals surface area (Å²) in [7, 11) is 0. The second kappa shape index (κ2) is 10.1. The first-order valence-electron chi connectivity index (χ1n) is 12.0. The summed E-state index contributed by atoms with van der Waals surface area (Å²) in [4.78, 5) is 30.7. The fourth-order valence-electron chi connectivity index (χ4n) is 6.66. The maximum Gasteiger partial charge on any atom is 0.290 e. The number of fused-ring (bicyclic) bond motifs is 4. The number of carboxylic acid groups (broad SMARTS) is 1. The summed E-state index contributed by atoms with van der Waals surface area (Å²) >= 11 is 0. The van der Waals surface area contributed by atoms with E-state index in [9.17, 15) is 4.79 Å². The Kier molecular flexibility index (Phi) is 7.25. The topological polar surface area (TPSA) is 99.8 Å². The monoisotopic (exact) mass is 432 g/mol. The minimum absolute atomic E-state index is 0.250. The molecule has 0 radical (unpaired) electrons. The molecule has 3 saturated heterocycles. The van der Waals surface area contributed by atoms with E-state index in [1.54, 1.807) is 0 Å². The molecule has 4 aliphatic rings. The fraction of sp³-hybridized carbons (Fsp3) is 0.826. The lowest BCUT2D eigenvalue weighted by molar-refractivity contribution is -0.154. The molecule has 5 rings (SSSR count). The van der Waals surface area contributed by atoms with Crippen molar-refractivity contribution < 1.29 is 19.2 Å². The maximum absolute atomic E-state index is 13.0. The summed E-state index contributed by atoms with van der Waals surface area (Å²) in [5.74, 6) is 3.91. The van der Waals surface area contributed by atoms with Gasteiger partial charge in [-0.1, -0.05) is 37.3 Å². The van der Waals surface area contributed by atoms with Crippen molar-refractivity contribution in [2.75, 3.05) is 13.1 Å². The Morgan fingerprint density at radius 3 is 2.58 bits per heavy atom. The van der Waals surface area contributed by atoms with Gasteiger partial charge in [-0.2, -0.15) is 4.98 Å². The van der Waals surface area contributed by atoms with Crippen molar-refractivity contribution in [1.29, 1.82) is 0 Å². The summed E-state index contributed by atoms with van der Waals surface area (Å²) in [6, 6.07) is 0.905. The SMILES string of the molecule is Cc1noc(CN2C[C@H]3C[C@@H](C2)[C@H](CC2CCCCC2)N2C(=O)CCC[C@@H]32)n1.O=CO. The number of rotatable bonds is 4. The molecule has 4 atom stereocenters. The number of aromatic nitrogens is 2. The molecule has 172 valence electrons. The molecule has 8 nitrogen and oxygen atoms in total. The Labute approximate surface area is 184 Å². The molecular weight excluding hydrogens is 396 g/mol. The molecule has 0 aromatic carbocycles. The van der Waals surface area contributed by atoms with Crippen LogP contribution in [0, 0.1) is 24.7 Å². The lowest BCUT2D eigenvalue weighted by Gasteiger charge is -2.57. The largest absolute Gasteiger partial charge is 0.483 e. The van der Waals surface area contributed by atoms with Gasteiger partial charge in [0.25, 0.3) is 6.47 Å². The first-order chi connectivity index (χ1) is 15.1. The van der Waals surface area contributed by atoms with Gasteiger partial charge in [0.05, 0.1) is 6.54 Å². The smallest absolute Gasteiger partial charge is 0.290 e. The zero-order chi connectivity index (χ0) is 21.8. The van der Waals surface area contributed by atoms with Gasteiger partial charge in [0.15, 0.2) is 5.82 Å². The highest BCUT2D eigenvalue weighted by atomic mass is 16.5. The first kappa shape index (κ1) is 22.2. The van der Waals surface area contributed by atoms with Crippen LogP contribution in [0.5, 0.6) is 0 Å². The van der Waals surface area contributed by atoms with Crippen LogP contribution in [0.1, 0.15) is 75.9 Å². The number of hydrogen-bond donors (Lipinski definition) is 1. The quantitative estimate of drug-likeness (QED) is 0.729. The molecule has 1 saturated carbocycles. The lowest BCUT2D eigenvalue weighted by atomic mass is 9.69. The third-order valence-electron chi connectivity index (χ3n) is 7.80. The van der Waals surface area contributed by atoms with Crippen molar-refractivity contribution in [2.24, 2.45) is 17.8 Å². The van der Waals surface area contributed by atoms with E-state index in [0.29, 0.717) is 35.7 Å². The summed E-state index contributed by atoms with van der Waals surface area (Å²) in [6.07, 6.45) is 12.4. The van der Waals surface area contributed by atoms with E-state index < -0.39 is 0 Å². The number of amides is 1. The van der Waals surface area contributed by atoms with Gasteiger partial charge in [-0.05, 0) is 50.4 Å². The molecule has 4 fully saturated rings. The van der Waals surface area contributed by atoms with Gasteiger partial charge in [-0.25, -0.2) is 0 Å². The number of nitrogens with zero attached hydrogens (tertiary/aromatic N) is 4. The van der Waals surface area contributed by atoms with E-state index in [-0.39, 0.29) is 6.47 Å². The van der Waals surface area contributed by atoms with Gasteiger partial charge in [0.1, 0.15) is 0 Å². The third kappa shape index (κ3) is 5.10. The van der Waals surface area contributed by atoms with Crippen LogP contribution in [0.15, 0.2) is 4.52 Å². The van der Waals surface area contributed by atoms with Gasteiger partial charge in [0.2, 0.25) is 11.8 Å². The summed E-state index contributed by atoms with van der Waals surface area (Å²) in [6.45, 7) is 4.50. The standard InChI is InChI=1S/C22H34N4O2.CH2O2/c1-15-23-21(28-24-15)14-25-12-17-11-18(13-25)20(10-16-6-3-2-4-7-16)26-19(17)8-5-9-22(26)27;2-1-3/h16-20H,2-14H2,1H3;1H,(H,2,3)/t17-,18+,19+,20+;/m1./s1. The average molecular weight is 433 g/mol. The molecule has 8 heteroatoms. The second-order valence-electron chi connectivity index (χ2n) is 9.86. The number of piperidine rings is 3. The minimum Gasteiger partial charge on any atom is -0.483 e. The van der Waals surface area contributed by atoms with Crippen LogP contribution in [0.4, 0.5) is 0 Å². The van der Waals surface area contributed by atoms with Gasteiger partial charge >= 0.3 is 0 Å². The number of hydrogen-bond acceptors (Lipinski definition) is 6. The van der Waals surface area contributed by atoms with Crippen LogP contribution in [0.25, 0.3) is 0 Å². The van der Waals surface area contributed by atoms with Crippen LogP contribution in [0.3, 0.4) is 0 Å². The van der Waals surface area contributed by atoms with Gasteiger partial charge in [-0.3, -0.25) is 14.5 Å². The highest BCUT2D eigenvalue weighted by Crippen LogP contribution is 2.44. The van der Waals surface area contributed by atoms with Crippen molar-refractivity contribution in [3.8, 4) is 0 Å². The van der Waals surface area contributed by atoms with E-state index in [1.165, 1.54) is 51.4 Å². The summed E-state index contributed by atoms with van der Waals surface area (Å²) in [5, 5.41) is 10.8. The molecule has 31 heavy (non-hydrogen) atoms. The zero-order valence-corrected chi connectivity index (χ0v) is 18.6. The Morgan fingerprint density at radius 1 is 1.13 bits per heavy atom. The molecule has 4 heterocycles. The predicted molar refractivity (Wildman–Crippen MR) is 114 cm³/mol. The highest BCUT2D eigenvalue weighted by Gasteiger charge is 2.49. The number of likely N-dealkylation sites (tertiary alicyclic amines) is 1. The number of carbonyl (C=O) groups excluding carboxylic acids is 1. The van der Waals surface area contributed by atoms with Crippen molar-refractivity contribution in [3.63, 3.8) is 0 Å². The van der Waals surface area contributed by atoms with Gasteiger partial charge in [0, 0.05) is 31.6 Å². The molecule has 1 N–H and O–H groups in total. The van der Waals surface area contributed by atoms with Gasteiger partial charge in [-0.15, -0.1) is 0 Å². The average Bonchev–Trinajstić information content (AvgIpc) is 3.17. The van der Waals surface area contributed by atoms with Crippen LogP contribution >= 0.6 is 0 Å². The summed E-state index contributed by atoms with van der Waals surface area (Å²) < 4.78 is 5.39. The third-order valence-corrected chi connectivity index (χ3v) is 7.80. The van der Waals surface area contributed by atoms with E-state index >= 15 is 0 Å². The fourth-order valence-corrected chi connectivity index (χ4v) is 6.66. The number of carbonyl (C=O) groups is 2. The Bertz CT molecular complexity index is 748. The predicted octanol–water partition coefficient (Wildman–Crippen LogP) is 3.25. The van der Waals surface area contributed by atoms with Crippen molar-refractivity contribution in [2.45, 2.75) is 89.8 Å². The van der Waals surface area contributed by atoms with Gasteiger partial charge < -0.3 is 14.5 Å². The summed E-state index contributed by atoms with van der Waals surface area (Å²) in [5.41, 5.74) is 0. The van der Waals surface area contributed by atoms with Crippen LogP contribution < -0.4 is 0 Å². The molecule has 0 unspecified atom stereocenters. The first-order valence-corrected chi connectivity index (χ1v) is 12.0. The van der Waals surface area contributed by atoms with E-state index in [2.05, 4.69) is 19.9 Å². The molecule has 1 amide bonds. The lowest BCUT2D eigenvalue weighted by Crippen LogP contribution is -2.65. The van der Waals surface area contributed by atoms with Crippen LogP contribution in [-0.4, -0.2) is 62.6 Å². The molecular formula is C23H36N4O4. The molecule has 1 aromatic heterocycles. The van der Waals surface area contributed by atoms with E-state index in [4.69, 9.17) is 14.4 Å². The Balaban J connectivity index is 0.000000730. The molecule has 1 aromatic rings. The maximum atomic E-state index is 13.0. The van der Waals surface area contributed by atoms with Crippen molar-refractivity contribution in [3.05, 3.63) is 11.7 Å².